The van der Waals surface area contributed by atoms with Crippen LogP contribution in [0, 0.1) is 11.3 Å². The van der Waals surface area contributed by atoms with Gasteiger partial charge in [-0.1, -0.05) is 0 Å². The third kappa shape index (κ3) is 2.35. The second-order valence-electron chi connectivity index (χ2n) is 4.41. The largest absolute Gasteiger partial charge is 0.383 e. The number of hydrogen-bond donors (Lipinski definition) is 2. The van der Waals surface area contributed by atoms with Crippen LogP contribution in [-0.4, -0.2) is 10.9 Å². The van der Waals surface area contributed by atoms with Gasteiger partial charge >= 0.3 is 0 Å². The summed E-state index contributed by atoms with van der Waals surface area (Å²) in [5.41, 5.74) is 12.6. The van der Waals surface area contributed by atoms with Crippen molar-refractivity contribution in [1.82, 2.24) is 4.98 Å². The molecule has 1 amide bonds. The summed E-state index contributed by atoms with van der Waals surface area (Å²) in [6.45, 7) is 0. The molecular formula is C14H10N4OS2. The monoisotopic (exact) mass is 314 g/mol. The molecule has 0 saturated carbocycles. The first-order valence-corrected chi connectivity index (χ1v) is 7.72. The highest BCUT2D eigenvalue weighted by Gasteiger charge is 2.15. The Kier molecular flexibility index (Phi) is 3.33. The standard InChI is InChI=1S/C14H10N4OS2/c15-2-1-8-3-7(6-20-8)11-4-9-12(21-11)10(14(17)19)5-18-13(9)16/h3-6H,1H2,(H2,16,18)(H2,17,19). The fourth-order valence-electron chi connectivity index (χ4n) is 2.04. The summed E-state index contributed by atoms with van der Waals surface area (Å²) in [5.74, 6) is -0.138. The van der Waals surface area contributed by atoms with Crippen molar-refractivity contribution in [3.05, 3.63) is 34.2 Å². The van der Waals surface area contributed by atoms with Gasteiger partial charge in [0.25, 0.3) is 5.91 Å². The van der Waals surface area contributed by atoms with Crippen LogP contribution in [0.1, 0.15) is 15.2 Å². The summed E-state index contributed by atoms with van der Waals surface area (Å²) in [6.07, 6.45) is 1.81. The van der Waals surface area contributed by atoms with E-state index in [1.54, 1.807) is 0 Å². The molecule has 0 aliphatic heterocycles. The second-order valence-corrected chi connectivity index (χ2v) is 6.46. The Morgan fingerprint density at radius 2 is 2.24 bits per heavy atom. The van der Waals surface area contributed by atoms with E-state index in [0.29, 0.717) is 17.8 Å². The molecule has 4 N–H and O–H groups in total. The van der Waals surface area contributed by atoms with Crippen molar-refractivity contribution in [3.8, 4) is 16.5 Å². The van der Waals surface area contributed by atoms with E-state index >= 15 is 0 Å². The number of carbonyl (C=O) groups is 1. The van der Waals surface area contributed by atoms with Gasteiger partial charge in [-0.2, -0.15) is 5.26 Å². The number of hydrogen-bond acceptors (Lipinski definition) is 6. The van der Waals surface area contributed by atoms with E-state index in [-0.39, 0.29) is 0 Å². The number of nitriles is 1. The molecule has 0 aliphatic rings. The van der Waals surface area contributed by atoms with Crippen LogP contribution in [0.4, 0.5) is 5.82 Å². The average molecular weight is 314 g/mol. The van der Waals surface area contributed by atoms with Gasteiger partial charge in [0.1, 0.15) is 5.82 Å². The maximum atomic E-state index is 11.5. The zero-order valence-electron chi connectivity index (χ0n) is 10.8. The molecule has 0 aliphatic carbocycles. The molecule has 3 aromatic heterocycles. The molecule has 0 fully saturated rings. The molecule has 0 bridgehead atoms. The number of nitrogens with zero attached hydrogens (tertiary/aromatic N) is 2. The number of thiophene rings is 2. The summed E-state index contributed by atoms with van der Waals surface area (Å²) in [4.78, 5) is 17.5. The number of carbonyl (C=O) groups excluding carboxylic acids is 1. The molecule has 104 valence electrons. The Morgan fingerprint density at radius 3 is 2.95 bits per heavy atom. The first-order valence-electron chi connectivity index (χ1n) is 6.02. The van der Waals surface area contributed by atoms with Gasteiger partial charge in [0, 0.05) is 26.9 Å². The molecule has 0 atom stereocenters. The van der Waals surface area contributed by atoms with Crippen molar-refractivity contribution >= 4 is 44.5 Å². The number of nitrogens with two attached hydrogens (primary N) is 2. The lowest BCUT2D eigenvalue weighted by molar-refractivity contribution is 0.100. The Bertz CT molecular complexity index is 888. The quantitative estimate of drug-likeness (QED) is 0.775. The number of primary amides is 1. The van der Waals surface area contributed by atoms with Crippen molar-refractivity contribution < 1.29 is 4.79 Å². The van der Waals surface area contributed by atoms with Crippen molar-refractivity contribution in [2.24, 2.45) is 5.73 Å². The number of nitrogen functional groups attached to an aromatic ring is 1. The number of pyridine rings is 1. The van der Waals surface area contributed by atoms with Gasteiger partial charge in [-0.05, 0) is 17.5 Å². The molecule has 7 heteroatoms. The Labute approximate surface area is 128 Å². The third-order valence-electron chi connectivity index (χ3n) is 3.04. The molecule has 0 unspecified atom stereocenters. The van der Waals surface area contributed by atoms with Crippen LogP contribution in [-0.2, 0) is 6.42 Å². The predicted octanol–water partition coefficient (Wildman–Crippen LogP) is 2.77. The Morgan fingerprint density at radius 1 is 1.43 bits per heavy atom. The van der Waals surface area contributed by atoms with E-state index in [0.717, 1.165) is 25.4 Å². The molecule has 5 nitrogen and oxygen atoms in total. The highest BCUT2D eigenvalue weighted by atomic mass is 32.1. The van der Waals surface area contributed by atoms with Crippen LogP contribution in [0.3, 0.4) is 0 Å². The number of anilines is 1. The van der Waals surface area contributed by atoms with Crippen LogP contribution in [0.5, 0.6) is 0 Å². The van der Waals surface area contributed by atoms with E-state index in [2.05, 4.69) is 11.1 Å². The van der Waals surface area contributed by atoms with Gasteiger partial charge in [0.05, 0.1) is 22.8 Å². The molecule has 0 radical (unpaired) electrons. The lowest BCUT2D eigenvalue weighted by atomic mass is 10.2. The molecule has 3 rings (SSSR count). The molecule has 3 heterocycles. The van der Waals surface area contributed by atoms with Crippen LogP contribution in [0.25, 0.3) is 20.5 Å². The minimum Gasteiger partial charge on any atom is -0.383 e. The van der Waals surface area contributed by atoms with E-state index in [9.17, 15) is 4.79 Å². The topological polar surface area (TPSA) is 106 Å². The number of rotatable bonds is 3. The van der Waals surface area contributed by atoms with E-state index < -0.39 is 5.91 Å². The van der Waals surface area contributed by atoms with Crippen molar-refractivity contribution in [1.29, 1.82) is 5.26 Å². The zero-order valence-corrected chi connectivity index (χ0v) is 12.4. The fourth-order valence-corrected chi connectivity index (χ4v) is 4.10. The zero-order chi connectivity index (χ0) is 15.0. The first-order chi connectivity index (χ1) is 10.1. The second kappa shape index (κ2) is 5.16. The minimum absolute atomic E-state index is 0.378. The van der Waals surface area contributed by atoms with Crippen LogP contribution < -0.4 is 11.5 Å². The fraction of sp³-hybridized carbons (Fsp3) is 0.0714. The number of fused-ring (bicyclic) bond motifs is 1. The van der Waals surface area contributed by atoms with Crippen LogP contribution in [0.2, 0.25) is 0 Å². The normalized spacial score (nSPS) is 10.6. The average Bonchev–Trinajstić information content (AvgIpc) is 3.05. The molecule has 0 saturated heterocycles. The summed E-state index contributed by atoms with van der Waals surface area (Å²) in [6, 6.07) is 6.02. The summed E-state index contributed by atoms with van der Waals surface area (Å²) < 4.78 is 0.748. The van der Waals surface area contributed by atoms with Crippen molar-refractivity contribution in [2.45, 2.75) is 6.42 Å². The first kappa shape index (κ1) is 13.5. The van der Waals surface area contributed by atoms with Gasteiger partial charge in [-0.15, -0.1) is 22.7 Å². The lowest BCUT2D eigenvalue weighted by Gasteiger charge is -1.99. The molecule has 3 aromatic rings. The number of amides is 1. The van der Waals surface area contributed by atoms with E-state index in [1.807, 2.05) is 17.5 Å². The van der Waals surface area contributed by atoms with Gasteiger partial charge in [0.15, 0.2) is 0 Å². The van der Waals surface area contributed by atoms with Gasteiger partial charge in [-0.25, -0.2) is 4.98 Å². The lowest BCUT2D eigenvalue weighted by Crippen LogP contribution is -2.11. The third-order valence-corrected chi connectivity index (χ3v) is 5.20. The van der Waals surface area contributed by atoms with Gasteiger partial charge < -0.3 is 11.5 Å². The SMILES string of the molecule is N#CCc1cc(-c2cc3c(N)ncc(C(N)=O)c3s2)cs1. The molecule has 0 spiro atoms. The van der Waals surface area contributed by atoms with Crippen LogP contribution >= 0.6 is 22.7 Å². The molecule has 0 aromatic carbocycles. The van der Waals surface area contributed by atoms with Crippen molar-refractivity contribution in [2.75, 3.05) is 5.73 Å². The summed E-state index contributed by atoms with van der Waals surface area (Å²) in [5, 5.41) is 11.5. The maximum absolute atomic E-state index is 11.5. The maximum Gasteiger partial charge on any atom is 0.251 e. The van der Waals surface area contributed by atoms with E-state index in [4.69, 9.17) is 16.7 Å². The molecular weight excluding hydrogens is 304 g/mol. The predicted molar refractivity (Wildman–Crippen MR) is 85.2 cm³/mol. The Hall–Kier alpha value is -2.43. The van der Waals surface area contributed by atoms with Gasteiger partial charge in [0.2, 0.25) is 0 Å². The van der Waals surface area contributed by atoms with Crippen LogP contribution in [0.15, 0.2) is 23.7 Å². The highest BCUT2D eigenvalue weighted by Crippen LogP contribution is 2.38. The van der Waals surface area contributed by atoms with Crippen molar-refractivity contribution in [3.63, 3.8) is 0 Å². The van der Waals surface area contributed by atoms with E-state index in [1.165, 1.54) is 28.9 Å². The smallest absolute Gasteiger partial charge is 0.251 e. The number of aromatic nitrogens is 1. The minimum atomic E-state index is -0.517. The molecule has 21 heavy (non-hydrogen) atoms. The highest BCUT2D eigenvalue weighted by molar-refractivity contribution is 7.23. The van der Waals surface area contributed by atoms with Gasteiger partial charge in [-0.3, -0.25) is 4.79 Å². The summed E-state index contributed by atoms with van der Waals surface area (Å²) >= 11 is 2.99. The summed E-state index contributed by atoms with van der Waals surface area (Å²) in [7, 11) is 0. The Balaban J connectivity index is 2.16.